The molecule has 4 heteroatoms. The summed E-state index contributed by atoms with van der Waals surface area (Å²) in [5.41, 5.74) is 0. The van der Waals surface area contributed by atoms with Crippen LogP contribution in [0, 0.1) is 2.88 Å². The number of ether oxygens (including phenoxy) is 1. The van der Waals surface area contributed by atoms with Gasteiger partial charge in [0.25, 0.3) is 0 Å². The molecule has 0 atom stereocenters. The molecule has 0 amide bonds. The summed E-state index contributed by atoms with van der Waals surface area (Å²) < 4.78 is 7.91. The molecule has 0 saturated heterocycles. The van der Waals surface area contributed by atoms with Gasteiger partial charge in [-0.3, -0.25) is 0 Å². The molecule has 1 nitrogen and oxygen atoms in total. The minimum absolute atomic E-state index is 1.02. The van der Waals surface area contributed by atoms with E-state index in [-0.39, 0.29) is 0 Å². The maximum atomic E-state index is 5.39. The highest BCUT2D eigenvalue weighted by molar-refractivity contribution is 14.1. The van der Waals surface area contributed by atoms with Crippen molar-refractivity contribution >= 4 is 55.8 Å². The molecule has 0 unspecified atom stereocenters. The maximum Gasteiger partial charge on any atom is 0.150 e. The number of rotatable bonds is 2. The molecule has 0 aliphatic rings. The Morgan fingerprint density at radius 1 is 1.43 bits per heavy atom. The topological polar surface area (TPSA) is 9.23 Å². The van der Waals surface area contributed by atoms with Gasteiger partial charge in [-0.15, -0.1) is 23.1 Å². The van der Waals surface area contributed by atoms with E-state index in [1.165, 1.54) is 17.9 Å². The third kappa shape index (κ3) is 1.75. The second-order valence-electron chi connectivity index (χ2n) is 2.77. The molecule has 0 aliphatic heterocycles. The number of benzene rings is 1. The fourth-order valence-electron chi connectivity index (χ4n) is 1.34. The molecule has 0 radical (unpaired) electrons. The van der Waals surface area contributed by atoms with E-state index in [0.29, 0.717) is 0 Å². The zero-order valence-corrected chi connectivity index (χ0v) is 11.6. The van der Waals surface area contributed by atoms with Gasteiger partial charge in [-0.05, 0) is 47.0 Å². The highest BCUT2D eigenvalue weighted by Gasteiger charge is 2.10. The molecule has 0 N–H and O–H groups in total. The first-order valence-corrected chi connectivity index (χ1v) is 7.18. The van der Waals surface area contributed by atoms with Crippen LogP contribution in [0.15, 0.2) is 23.1 Å². The van der Waals surface area contributed by atoms with Crippen LogP contribution >= 0.6 is 45.7 Å². The van der Waals surface area contributed by atoms with Crippen LogP contribution in [0.3, 0.4) is 0 Å². The van der Waals surface area contributed by atoms with Gasteiger partial charge in [0, 0.05) is 15.0 Å². The van der Waals surface area contributed by atoms with Crippen molar-refractivity contribution in [3.8, 4) is 5.75 Å². The first-order chi connectivity index (χ1) is 6.76. The summed E-state index contributed by atoms with van der Waals surface area (Å²) in [5.74, 6) is 1.02. The molecule has 14 heavy (non-hydrogen) atoms. The van der Waals surface area contributed by atoms with E-state index in [2.05, 4.69) is 47.0 Å². The largest absolute Gasteiger partial charge is 0.494 e. The molecule has 0 aliphatic carbocycles. The van der Waals surface area contributed by atoms with Crippen molar-refractivity contribution in [3.05, 3.63) is 21.1 Å². The van der Waals surface area contributed by atoms with Crippen molar-refractivity contribution in [1.82, 2.24) is 0 Å². The summed E-state index contributed by atoms with van der Waals surface area (Å²) in [7, 11) is 1.73. The first-order valence-electron chi connectivity index (χ1n) is 4.06. The van der Waals surface area contributed by atoms with E-state index < -0.39 is 0 Å². The van der Waals surface area contributed by atoms with Gasteiger partial charge >= 0.3 is 0 Å². The smallest absolute Gasteiger partial charge is 0.150 e. The number of hydrogen-bond donors (Lipinski definition) is 0. The van der Waals surface area contributed by atoms with E-state index in [4.69, 9.17) is 4.74 Å². The zero-order chi connectivity index (χ0) is 10.1. The van der Waals surface area contributed by atoms with Gasteiger partial charge in [0.2, 0.25) is 0 Å². The predicted octanol–water partition coefficient (Wildman–Crippen LogP) is 4.24. The molecule has 0 saturated carbocycles. The molecule has 74 valence electrons. The molecular formula is C10H9IOS2. The van der Waals surface area contributed by atoms with Crippen LogP contribution in [0.4, 0.5) is 0 Å². The van der Waals surface area contributed by atoms with Crippen LogP contribution in [-0.2, 0) is 0 Å². The average Bonchev–Trinajstić information content (AvgIpc) is 2.52. The Bertz CT molecular complexity index is 464. The lowest BCUT2D eigenvalue weighted by atomic mass is 10.2. The highest BCUT2D eigenvalue weighted by Crippen LogP contribution is 2.39. The van der Waals surface area contributed by atoms with Crippen LogP contribution in [0.1, 0.15) is 0 Å². The first kappa shape index (κ1) is 10.6. The minimum atomic E-state index is 1.02. The van der Waals surface area contributed by atoms with Gasteiger partial charge in [-0.2, -0.15) is 0 Å². The Hall–Kier alpha value is 0.0600. The second kappa shape index (κ2) is 4.28. The molecule has 1 aromatic heterocycles. The number of methoxy groups -OCH3 is 1. The van der Waals surface area contributed by atoms with E-state index in [0.717, 1.165) is 5.75 Å². The molecule has 1 heterocycles. The maximum absolute atomic E-state index is 5.39. The van der Waals surface area contributed by atoms with E-state index >= 15 is 0 Å². The summed E-state index contributed by atoms with van der Waals surface area (Å²) in [6.45, 7) is 0. The monoisotopic (exact) mass is 336 g/mol. The third-order valence-electron chi connectivity index (χ3n) is 2.01. The van der Waals surface area contributed by atoms with Crippen molar-refractivity contribution in [1.29, 1.82) is 0 Å². The van der Waals surface area contributed by atoms with Crippen LogP contribution in [0.2, 0.25) is 0 Å². The van der Waals surface area contributed by atoms with Crippen molar-refractivity contribution in [3.63, 3.8) is 0 Å². The molecule has 2 rings (SSSR count). The Balaban J connectivity index is 2.71. The summed E-state index contributed by atoms with van der Waals surface area (Å²) in [4.78, 5) is 1.28. The third-order valence-corrected chi connectivity index (χ3v) is 4.83. The zero-order valence-electron chi connectivity index (χ0n) is 7.83. The SMILES string of the molecule is COc1c(I)sc2ccc(SC)cc12. The van der Waals surface area contributed by atoms with Crippen LogP contribution < -0.4 is 4.74 Å². The number of fused-ring (bicyclic) bond motifs is 1. The highest BCUT2D eigenvalue weighted by atomic mass is 127. The fourth-order valence-corrected chi connectivity index (χ4v) is 3.88. The number of thioether (sulfide) groups is 1. The number of hydrogen-bond acceptors (Lipinski definition) is 3. The van der Waals surface area contributed by atoms with Gasteiger partial charge in [0.05, 0.1) is 7.11 Å². The number of thiophene rings is 1. The van der Waals surface area contributed by atoms with E-state index in [1.807, 2.05) is 0 Å². The Morgan fingerprint density at radius 2 is 2.21 bits per heavy atom. The van der Waals surface area contributed by atoms with Gasteiger partial charge in [-0.25, -0.2) is 0 Å². The molecule has 2 aromatic rings. The van der Waals surface area contributed by atoms with Gasteiger partial charge < -0.3 is 4.74 Å². The fraction of sp³-hybridized carbons (Fsp3) is 0.200. The average molecular weight is 336 g/mol. The van der Waals surface area contributed by atoms with Crippen molar-refractivity contribution in [2.45, 2.75) is 4.90 Å². The predicted molar refractivity (Wildman–Crippen MR) is 72.9 cm³/mol. The quantitative estimate of drug-likeness (QED) is 0.599. The lowest BCUT2D eigenvalue weighted by Gasteiger charge is -1.99. The number of halogens is 1. The summed E-state index contributed by atoms with van der Waals surface area (Å²) in [6.07, 6.45) is 2.09. The van der Waals surface area contributed by atoms with E-state index in [1.54, 1.807) is 30.2 Å². The van der Waals surface area contributed by atoms with Crippen molar-refractivity contribution in [2.75, 3.05) is 13.4 Å². The van der Waals surface area contributed by atoms with Crippen molar-refractivity contribution < 1.29 is 4.74 Å². The van der Waals surface area contributed by atoms with Gasteiger partial charge in [0.15, 0.2) is 5.75 Å². The molecular weight excluding hydrogens is 327 g/mol. The molecule has 1 aromatic carbocycles. The minimum Gasteiger partial charge on any atom is -0.494 e. The van der Waals surface area contributed by atoms with Crippen molar-refractivity contribution in [2.24, 2.45) is 0 Å². The summed E-state index contributed by atoms with van der Waals surface area (Å²) in [6, 6.07) is 6.51. The Kier molecular flexibility index (Phi) is 3.23. The molecule has 0 spiro atoms. The van der Waals surface area contributed by atoms with Crippen LogP contribution in [0.5, 0.6) is 5.75 Å². The molecule has 0 fully saturated rings. The van der Waals surface area contributed by atoms with Gasteiger partial charge in [0.1, 0.15) is 2.88 Å². The summed E-state index contributed by atoms with van der Waals surface area (Å²) in [5, 5.41) is 1.23. The van der Waals surface area contributed by atoms with E-state index in [9.17, 15) is 0 Å². The normalized spacial score (nSPS) is 10.8. The standard InChI is InChI=1S/C10H9IOS2/c1-12-9-7-5-6(13-2)3-4-8(7)14-10(9)11/h3-5H,1-2H3. The Morgan fingerprint density at radius 3 is 2.86 bits per heavy atom. The molecule has 0 bridgehead atoms. The summed E-state index contributed by atoms with van der Waals surface area (Å²) >= 11 is 5.86. The second-order valence-corrected chi connectivity index (χ2v) is 6.51. The lowest BCUT2D eigenvalue weighted by molar-refractivity contribution is 0.419. The van der Waals surface area contributed by atoms with Crippen LogP contribution in [-0.4, -0.2) is 13.4 Å². The Labute approximate surface area is 105 Å². The van der Waals surface area contributed by atoms with Gasteiger partial charge in [-0.1, -0.05) is 0 Å². The van der Waals surface area contributed by atoms with Crippen LogP contribution in [0.25, 0.3) is 10.1 Å². The lowest BCUT2D eigenvalue weighted by Crippen LogP contribution is -1.81.